The summed E-state index contributed by atoms with van der Waals surface area (Å²) in [4.78, 5) is 33.7. The highest BCUT2D eigenvalue weighted by atomic mass is 32.2. The Hall–Kier alpha value is -2.61. The molecule has 0 unspecified atom stereocenters. The molecular weight excluding hydrogens is 340 g/mol. The second kappa shape index (κ2) is 8.48. The van der Waals surface area contributed by atoms with Crippen molar-refractivity contribution in [2.45, 2.75) is 19.0 Å². The fraction of sp³-hybridized carbons (Fsp3) is 0.294. The number of aryl methyl sites for hydroxylation is 1. The van der Waals surface area contributed by atoms with Crippen molar-refractivity contribution in [3.05, 3.63) is 41.6 Å². The number of esters is 1. The minimum Gasteiger partial charge on any atom is -0.462 e. The van der Waals surface area contributed by atoms with E-state index in [4.69, 9.17) is 10.5 Å². The Bertz CT molecular complexity index is 782. The molecule has 0 atom stereocenters. The molecule has 0 saturated heterocycles. The van der Waals surface area contributed by atoms with E-state index < -0.39 is 5.97 Å². The first-order valence-electron chi connectivity index (χ1n) is 7.68. The van der Waals surface area contributed by atoms with Crippen molar-refractivity contribution in [1.29, 1.82) is 0 Å². The number of rotatable bonds is 6. The number of aromatic nitrogens is 2. The summed E-state index contributed by atoms with van der Waals surface area (Å²) >= 11 is 1.16. The largest absolute Gasteiger partial charge is 0.462 e. The van der Waals surface area contributed by atoms with Gasteiger partial charge in [-0.05, 0) is 31.5 Å². The number of nitrogens with two attached hydrogens (primary N) is 1. The minimum absolute atomic E-state index is 0.0374. The second-order valence-corrected chi connectivity index (χ2v) is 6.19. The monoisotopic (exact) mass is 360 g/mol. The fourth-order valence-corrected chi connectivity index (χ4v) is 2.75. The van der Waals surface area contributed by atoms with Crippen molar-refractivity contribution >= 4 is 35.1 Å². The summed E-state index contributed by atoms with van der Waals surface area (Å²) < 4.78 is 4.87. The Balaban J connectivity index is 2.00. The second-order valence-electron chi connectivity index (χ2n) is 5.25. The smallest absolute Gasteiger partial charge is 0.343 e. The van der Waals surface area contributed by atoms with Gasteiger partial charge in [0, 0.05) is 18.9 Å². The number of benzene rings is 1. The van der Waals surface area contributed by atoms with Crippen LogP contribution in [0.25, 0.3) is 0 Å². The maximum Gasteiger partial charge on any atom is 0.343 e. The molecule has 0 spiro atoms. The third-order valence-corrected chi connectivity index (χ3v) is 4.23. The van der Waals surface area contributed by atoms with Gasteiger partial charge in [-0.2, -0.15) is 0 Å². The summed E-state index contributed by atoms with van der Waals surface area (Å²) in [5.74, 6) is -0.461. The van der Waals surface area contributed by atoms with E-state index in [1.807, 2.05) is 31.2 Å². The van der Waals surface area contributed by atoms with Crippen LogP contribution in [0.15, 0.2) is 35.6 Å². The average Bonchev–Trinajstić information content (AvgIpc) is 2.59. The van der Waals surface area contributed by atoms with Crippen molar-refractivity contribution < 1.29 is 14.3 Å². The molecule has 1 aromatic heterocycles. The van der Waals surface area contributed by atoms with Gasteiger partial charge in [0.05, 0.1) is 12.4 Å². The first-order chi connectivity index (χ1) is 11.9. The highest BCUT2D eigenvalue weighted by molar-refractivity contribution is 7.99. The zero-order valence-corrected chi connectivity index (χ0v) is 15.2. The van der Waals surface area contributed by atoms with Gasteiger partial charge in [0.2, 0.25) is 5.91 Å². The number of thioether (sulfide) groups is 1. The van der Waals surface area contributed by atoms with Crippen LogP contribution < -0.4 is 10.6 Å². The van der Waals surface area contributed by atoms with Crippen LogP contribution in [0.2, 0.25) is 0 Å². The fourth-order valence-electron chi connectivity index (χ4n) is 2.02. The van der Waals surface area contributed by atoms with Gasteiger partial charge in [0.15, 0.2) is 5.16 Å². The molecule has 8 heteroatoms. The van der Waals surface area contributed by atoms with Gasteiger partial charge in [0.1, 0.15) is 11.4 Å². The lowest BCUT2D eigenvalue weighted by atomic mass is 10.2. The van der Waals surface area contributed by atoms with Gasteiger partial charge in [-0.3, -0.25) is 4.79 Å². The molecule has 1 aromatic carbocycles. The van der Waals surface area contributed by atoms with Gasteiger partial charge in [-0.1, -0.05) is 23.9 Å². The van der Waals surface area contributed by atoms with Crippen LogP contribution in [-0.2, 0) is 9.53 Å². The molecule has 0 radical (unpaired) electrons. The van der Waals surface area contributed by atoms with Crippen molar-refractivity contribution in [3.63, 3.8) is 0 Å². The molecule has 2 N–H and O–H groups in total. The maximum atomic E-state index is 12.3. The lowest BCUT2D eigenvalue weighted by molar-refractivity contribution is -0.115. The zero-order chi connectivity index (χ0) is 18.4. The maximum absolute atomic E-state index is 12.3. The number of carbonyl (C=O) groups is 2. The van der Waals surface area contributed by atoms with Crippen LogP contribution in [0, 0.1) is 6.92 Å². The van der Waals surface area contributed by atoms with Crippen LogP contribution >= 0.6 is 11.8 Å². The third-order valence-electron chi connectivity index (χ3n) is 3.38. The van der Waals surface area contributed by atoms with Gasteiger partial charge < -0.3 is 15.4 Å². The number of nitrogen functional groups attached to an aromatic ring is 1. The standard InChI is InChI=1S/C17H20N4O3S/c1-4-24-16(23)13-9-19-17(20-15(13)18)25-10-14(22)21(3)12-7-5-6-11(2)8-12/h5-9H,4,10H2,1-3H3,(H2,18,19,20). The topological polar surface area (TPSA) is 98.4 Å². The number of anilines is 2. The minimum atomic E-state index is -0.563. The molecule has 7 nitrogen and oxygen atoms in total. The van der Waals surface area contributed by atoms with E-state index in [-0.39, 0.29) is 29.6 Å². The number of ether oxygens (including phenoxy) is 1. The van der Waals surface area contributed by atoms with Crippen LogP contribution in [0.1, 0.15) is 22.8 Å². The number of amides is 1. The highest BCUT2D eigenvalue weighted by Crippen LogP contribution is 2.20. The van der Waals surface area contributed by atoms with Crippen LogP contribution in [-0.4, -0.2) is 41.3 Å². The van der Waals surface area contributed by atoms with Crippen molar-refractivity contribution in [2.75, 3.05) is 30.0 Å². The third kappa shape index (κ3) is 4.93. The van der Waals surface area contributed by atoms with Gasteiger partial charge in [-0.15, -0.1) is 0 Å². The Morgan fingerprint density at radius 3 is 2.76 bits per heavy atom. The average molecular weight is 360 g/mol. The summed E-state index contributed by atoms with van der Waals surface area (Å²) in [6.45, 7) is 3.92. The number of hydrogen-bond donors (Lipinski definition) is 1. The quantitative estimate of drug-likeness (QED) is 0.479. The lowest BCUT2D eigenvalue weighted by Gasteiger charge is -2.17. The summed E-state index contributed by atoms with van der Waals surface area (Å²) in [6.07, 6.45) is 1.32. The van der Waals surface area contributed by atoms with E-state index in [1.54, 1.807) is 18.9 Å². The Kier molecular flexibility index (Phi) is 6.35. The van der Waals surface area contributed by atoms with E-state index in [0.717, 1.165) is 23.0 Å². The molecule has 2 aromatic rings. The molecule has 25 heavy (non-hydrogen) atoms. The van der Waals surface area contributed by atoms with Crippen molar-refractivity contribution in [2.24, 2.45) is 0 Å². The molecule has 0 aliphatic carbocycles. The van der Waals surface area contributed by atoms with E-state index in [9.17, 15) is 9.59 Å². The first-order valence-corrected chi connectivity index (χ1v) is 8.66. The SMILES string of the molecule is CCOC(=O)c1cnc(SCC(=O)N(C)c2cccc(C)c2)nc1N. The van der Waals surface area contributed by atoms with Gasteiger partial charge in [-0.25, -0.2) is 14.8 Å². The van der Waals surface area contributed by atoms with E-state index in [0.29, 0.717) is 5.16 Å². The summed E-state index contributed by atoms with van der Waals surface area (Å²) in [5, 5.41) is 0.330. The molecule has 0 aliphatic rings. The number of carbonyl (C=O) groups excluding carboxylic acids is 2. The van der Waals surface area contributed by atoms with Gasteiger partial charge >= 0.3 is 5.97 Å². The molecule has 1 amide bonds. The van der Waals surface area contributed by atoms with E-state index in [2.05, 4.69) is 9.97 Å². The zero-order valence-electron chi connectivity index (χ0n) is 14.4. The van der Waals surface area contributed by atoms with Crippen molar-refractivity contribution in [3.8, 4) is 0 Å². The Morgan fingerprint density at radius 1 is 1.36 bits per heavy atom. The van der Waals surface area contributed by atoms with Crippen molar-refractivity contribution in [1.82, 2.24) is 9.97 Å². The van der Waals surface area contributed by atoms with E-state index >= 15 is 0 Å². The number of hydrogen-bond acceptors (Lipinski definition) is 7. The Morgan fingerprint density at radius 2 is 2.12 bits per heavy atom. The molecule has 0 fully saturated rings. The van der Waals surface area contributed by atoms with Crippen LogP contribution in [0.5, 0.6) is 0 Å². The molecule has 132 valence electrons. The normalized spacial score (nSPS) is 10.4. The predicted molar refractivity (Wildman–Crippen MR) is 97.7 cm³/mol. The molecule has 0 bridgehead atoms. The molecule has 0 saturated carbocycles. The summed E-state index contributed by atoms with van der Waals surface area (Å²) in [5.41, 5.74) is 7.79. The molecule has 0 aliphatic heterocycles. The summed E-state index contributed by atoms with van der Waals surface area (Å²) in [6, 6.07) is 7.68. The number of nitrogens with zero attached hydrogens (tertiary/aromatic N) is 3. The summed E-state index contributed by atoms with van der Waals surface area (Å²) in [7, 11) is 1.72. The predicted octanol–water partition coefficient (Wildman–Crippen LogP) is 2.30. The van der Waals surface area contributed by atoms with Crippen LogP contribution in [0.4, 0.5) is 11.5 Å². The highest BCUT2D eigenvalue weighted by Gasteiger charge is 2.16. The van der Waals surface area contributed by atoms with E-state index in [1.165, 1.54) is 6.20 Å². The lowest BCUT2D eigenvalue weighted by Crippen LogP contribution is -2.28. The van der Waals surface area contributed by atoms with Crippen LogP contribution in [0.3, 0.4) is 0 Å². The molecule has 2 rings (SSSR count). The first kappa shape index (κ1) is 18.7. The molecule has 1 heterocycles. The molecular formula is C17H20N4O3S. The van der Waals surface area contributed by atoms with Gasteiger partial charge in [0.25, 0.3) is 0 Å². The Labute approximate surface area is 150 Å².